The first-order valence-corrected chi connectivity index (χ1v) is 12.3. The van der Waals surface area contributed by atoms with Gasteiger partial charge in [0.1, 0.15) is 0 Å². The van der Waals surface area contributed by atoms with Crippen LogP contribution in [0.2, 0.25) is 0 Å². The molecule has 0 bridgehead atoms. The molecule has 1 saturated carbocycles. The van der Waals surface area contributed by atoms with Crippen molar-refractivity contribution in [3.63, 3.8) is 0 Å². The number of nitrogens with zero attached hydrogens (tertiary/aromatic N) is 1. The number of carboxylic acid groups (broad SMARTS) is 1. The molecule has 0 unspecified atom stereocenters. The van der Waals surface area contributed by atoms with Crippen molar-refractivity contribution in [2.45, 2.75) is 69.6 Å². The van der Waals surface area contributed by atoms with E-state index >= 15 is 0 Å². The fraction of sp³-hybridized carbons (Fsp3) is 0.464. The van der Waals surface area contributed by atoms with Crippen LogP contribution in [0.25, 0.3) is 10.9 Å². The Labute approximate surface area is 194 Å². The SMILES string of the molecule is Cc1cc(C2CC2)c(CN2CC[C@]3(CCCO3)C[C@H]2c2ccc(C(=O)O)cc2)c2cc[nH]c12. The third-order valence-corrected chi connectivity index (χ3v) is 8.15. The monoisotopic (exact) mass is 444 g/mol. The maximum absolute atomic E-state index is 11.4. The van der Waals surface area contributed by atoms with E-state index in [9.17, 15) is 9.90 Å². The minimum Gasteiger partial charge on any atom is -0.478 e. The summed E-state index contributed by atoms with van der Waals surface area (Å²) >= 11 is 0. The average molecular weight is 445 g/mol. The standard InChI is InChI=1S/C28H32N2O3/c1-18-15-23(19-3-4-19)24(22-9-12-29-26(18)22)17-30-13-11-28(10-2-14-33-28)16-25(30)20-5-7-21(8-6-20)27(31)32/h5-9,12,15,19,25,29H,2-4,10-11,13-14,16-17H2,1H3,(H,31,32)/t25-,28+/m0/s1. The molecule has 5 nitrogen and oxygen atoms in total. The van der Waals surface area contributed by atoms with Crippen LogP contribution in [0.4, 0.5) is 0 Å². The fourth-order valence-corrected chi connectivity index (χ4v) is 6.20. The van der Waals surface area contributed by atoms with Crippen LogP contribution >= 0.6 is 0 Å². The van der Waals surface area contributed by atoms with Gasteiger partial charge in [-0.3, -0.25) is 4.90 Å². The molecule has 2 aromatic carbocycles. The van der Waals surface area contributed by atoms with Gasteiger partial charge in [0.15, 0.2) is 0 Å². The van der Waals surface area contributed by atoms with Crippen molar-refractivity contribution in [2.24, 2.45) is 0 Å². The number of benzene rings is 2. The molecule has 2 atom stereocenters. The number of fused-ring (bicyclic) bond motifs is 1. The van der Waals surface area contributed by atoms with Crippen molar-refractivity contribution in [1.29, 1.82) is 0 Å². The second-order valence-electron chi connectivity index (χ2n) is 10.3. The van der Waals surface area contributed by atoms with Crippen molar-refractivity contribution in [1.82, 2.24) is 9.88 Å². The van der Waals surface area contributed by atoms with Gasteiger partial charge in [0.05, 0.1) is 11.2 Å². The van der Waals surface area contributed by atoms with Gasteiger partial charge in [-0.2, -0.15) is 0 Å². The summed E-state index contributed by atoms with van der Waals surface area (Å²) < 4.78 is 6.31. The lowest BCUT2D eigenvalue weighted by molar-refractivity contribution is -0.0676. The van der Waals surface area contributed by atoms with Gasteiger partial charge in [-0.05, 0) is 91.8 Å². The van der Waals surface area contributed by atoms with Crippen LogP contribution in [0.15, 0.2) is 42.6 Å². The van der Waals surface area contributed by atoms with Crippen LogP contribution < -0.4 is 0 Å². The summed E-state index contributed by atoms with van der Waals surface area (Å²) in [4.78, 5) is 17.5. The number of aromatic nitrogens is 1. The van der Waals surface area contributed by atoms with E-state index in [0.29, 0.717) is 11.5 Å². The molecule has 172 valence electrons. The first-order chi connectivity index (χ1) is 16.0. The van der Waals surface area contributed by atoms with E-state index in [4.69, 9.17) is 4.74 Å². The zero-order valence-electron chi connectivity index (χ0n) is 19.3. The number of rotatable bonds is 5. The summed E-state index contributed by atoms with van der Waals surface area (Å²) in [5.74, 6) is -0.179. The average Bonchev–Trinajstić information content (AvgIpc) is 3.36. The van der Waals surface area contributed by atoms with Crippen molar-refractivity contribution < 1.29 is 14.6 Å². The van der Waals surface area contributed by atoms with Gasteiger partial charge in [-0.25, -0.2) is 4.79 Å². The molecule has 3 aromatic rings. The summed E-state index contributed by atoms with van der Waals surface area (Å²) in [6, 6.07) is 12.4. The lowest BCUT2D eigenvalue weighted by Crippen LogP contribution is -2.45. The van der Waals surface area contributed by atoms with Gasteiger partial charge in [0, 0.05) is 42.8 Å². The van der Waals surface area contributed by atoms with Crippen molar-refractivity contribution in [2.75, 3.05) is 13.2 Å². The predicted octanol–water partition coefficient (Wildman–Crippen LogP) is 5.94. The number of aromatic amines is 1. The molecule has 3 heterocycles. The molecule has 0 radical (unpaired) electrons. The zero-order valence-corrected chi connectivity index (χ0v) is 19.3. The second-order valence-corrected chi connectivity index (χ2v) is 10.3. The van der Waals surface area contributed by atoms with E-state index in [-0.39, 0.29) is 11.6 Å². The van der Waals surface area contributed by atoms with E-state index in [1.165, 1.54) is 46.0 Å². The fourth-order valence-electron chi connectivity index (χ4n) is 6.20. The molecule has 1 aromatic heterocycles. The van der Waals surface area contributed by atoms with Crippen LogP contribution in [0, 0.1) is 6.92 Å². The highest BCUT2D eigenvalue weighted by molar-refractivity contribution is 5.88. The van der Waals surface area contributed by atoms with E-state index in [1.807, 2.05) is 12.1 Å². The van der Waals surface area contributed by atoms with Crippen molar-refractivity contribution in [3.05, 3.63) is 70.4 Å². The molecule has 1 spiro atoms. The molecular formula is C28H32N2O3. The first-order valence-electron chi connectivity index (χ1n) is 12.3. The Kier molecular flexibility index (Phi) is 5.07. The molecule has 2 saturated heterocycles. The zero-order chi connectivity index (χ0) is 22.6. The Morgan fingerprint density at radius 2 is 2.03 bits per heavy atom. The Morgan fingerprint density at radius 3 is 2.73 bits per heavy atom. The number of hydrogen-bond donors (Lipinski definition) is 2. The molecule has 2 N–H and O–H groups in total. The Bertz CT molecular complexity index is 1190. The third kappa shape index (κ3) is 3.77. The highest BCUT2D eigenvalue weighted by Crippen LogP contribution is 2.47. The largest absolute Gasteiger partial charge is 0.478 e. The van der Waals surface area contributed by atoms with Gasteiger partial charge in [-0.1, -0.05) is 18.2 Å². The van der Waals surface area contributed by atoms with Crippen LogP contribution in [0.1, 0.15) is 83.1 Å². The van der Waals surface area contributed by atoms with Crippen LogP contribution in [0.5, 0.6) is 0 Å². The number of H-pyrrole nitrogens is 1. The predicted molar refractivity (Wildman–Crippen MR) is 129 cm³/mol. The number of hydrogen-bond acceptors (Lipinski definition) is 3. The quantitative estimate of drug-likeness (QED) is 0.511. The topological polar surface area (TPSA) is 65.6 Å². The van der Waals surface area contributed by atoms with E-state index in [0.717, 1.165) is 45.4 Å². The summed E-state index contributed by atoms with van der Waals surface area (Å²) in [5, 5.41) is 10.7. The summed E-state index contributed by atoms with van der Waals surface area (Å²) in [6.45, 7) is 4.99. The number of carbonyl (C=O) groups is 1. The second kappa shape index (κ2) is 8.00. The number of aromatic carboxylic acids is 1. The van der Waals surface area contributed by atoms with Crippen molar-refractivity contribution >= 4 is 16.9 Å². The van der Waals surface area contributed by atoms with Crippen molar-refractivity contribution in [3.8, 4) is 0 Å². The highest BCUT2D eigenvalue weighted by atomic mass is 16.5. The normalized spacial score (nSPS) is 25.8. The molecule has 2 aliphatic heterocycles. The minimum atomic E-state index is -0.874. The number of nitrogens with one attached hydrogen (secondary N) is 1. The van der Waals surface area contributed by atoms with E-state index < -0.39 is 5.97 Å². The Balaban J connectivity index is 1.38. The van der Waals surface area contributed by atoms with Gasteiger partial charge in [-0.15, -0.1) is 0 Å². The number of likely N-dealkylation sites (tertiary alicyclic amines) is 1. The number of carboxylic acids is 1. The number of piperidine rings is 1. The molecule has 0 amide bonds. The molecule has 3 fully saturated rings. The highest BCUT2D eigenvalue weighted by Gasteiger charge is 2.43. The maximum Gasteiger partial charge on any atom is 0.335 e. The summed E-state index contributed by atoms with van der Waals surface area (Å²) in [5.41, 5.74) is 7.09. The Morgan fingerprint density at radius 1 is 1.21 bits per heavy atom. The summed E-state index contributed by atoms with van der Waals surface area (Å²) in [6.07, 6.45) is 8.96. The van der Waals surface area contributed by atoms with Gasteiger partial charge < -0.3 is 14.8 Å². The first kappa shape index (κ1) is 20.9. The number of aryl methyl sites for hydroxylation is 1. The Hall–Kier alpha value is -2.63. The van der Waals surface area contributed by atoms with Crippen LogP contribution in [-0.4, -0.2) is 39.7 Å². The van der Waals surface area contributed by atoms with Gasteiger partial charge >= 0.3 is 5.97 Å². The molecule has 33 heavy (non-hydrogen) atoms. The molecule has 6 rings (SSSR count). The maximum atomic E-state index is 11.4. The lowest BCUT2D eigenvalue weighted by atomic mass is 9.81. The lowest BCUT2D eigenvalue weighted by Gasteiger charge is -2.45. The molecule has 3 aliphatic rings. The van der Waals surface area contributed by atoms with Gasteiger partial charge in [0.25, 0.3) is 0 Å². The number of ether oxygens (including phenoxy) is 1. The third-order valence-electron chi connectivity index (χ3n) is 8.15. The van der Waals surface area contributed by atoms with Gasteiger partial charge in [0.2, 0.25) is 0 Å². The molecule has 1 aliphatic carbocycles. The summed E-state index contributed by atoms with van der Waals surface area (Å²) in [7, 11) is 0. The van der Waals surface area contributed by atoms with E-state index in [1.54, 1.807) is 12.1 Å². The minimum absolute atomic E-state index is 0.0252. The molecular weight excluding hydrogens is 412 g/mol. The van der Waals surface area contributed by atoms with Crippen LogP contribution in [-0.2, 0) is 11.3 Å². The van der Waals surface area contributed by atoms with Crippen LogP contribution in [0.3, 0.4) is 0 Å². The molecule has 5 heteroatoms. The van der Waals surface area contributed by atoms with E-state index in [2.05, 4.69) is 35.1 Å². The smallest absolute Gasteiger partial charge is 0.335 e.